The fourth-order valence-electron chi connectivity index (χ4n) is 3.66. The Morgan fingerprint density at radius 3 is 2.15 bits per heavy atom. The van der Waals surface area contributed by atoms with Crippen LogP contribution in [-0.4, -0.2) is 23.3 Å². The largest absolute Gasteiger partial charge is 0.458 e. The quantitative estimate of drug-likeness (QED) is 0.118. The summed E-state index contributed by atoms with van der Waals surface area (Å²) >= 11 is 0. The Morgan fingerprint density at radius 1 is 1.03 bits per heavy atom. The number of carbonyl (C=O) groups is 1. The minimum Gasteiger partial charge on any atom is -0.458 e. The number of ether oxygens (including phenoxy) is 1. The first-order valence-electron chi connectivity index (χ1n) is 12.4. The van der Waals surface area contributed by atoms with Crippen LogP contribution in [0.25, 0.3) is 0 Å². The van der Waals surface area contributed by atoms with Crippen LogP contribution in [0.1, 0.15) is 81.1 Å². The number of hydrogen-bond acceptors (Lipinski definition) is 3. The summed E-state index contributed by atoms with van der Waals surface area (Å²) in [6.45, 7) is 24.0. The molecule has 0 rings (SSSR count). The van der Waals surface area contributed by atoms with Gasteiger partial charge in [0, 0.05) is 17.9 Å². The number of carbonyl (C=O) groups excluding carboxylic acids is 1. The van der Waals surface area contributed by atoms with Crippen molar-refractivity contribution >= 4 is 5.97 Å². The summed E-state index contributed by atoms with van der Waals surface area (Å²) in [5, 5.41) is 11.0. The van der Waals surface area contributed by atoms with Crippen LogP contribution in [0.2, 0.25) is 0 Å². The van der Waals surface area contributed by atoms with Crippen LogP contribution in [0.3, 0.4) is 0 Å². The van der Waals surface area contributed by atoms with E-state index in [0.29, 0.717) is 24.3 Å². The van der Waals surface area contributed by atoms with Crippen molar-refractivity contribution in [3.8, 4) is 0 Å². The Morgan fingerprint density at radius 2 is 1.67 bits per heavy atom. The molecule has 0 aromatic carbocycles. The van der Waals surface area contributed by atoms with E-state index in [2.05, 4.69) is 59.9 Å². The van der Waals surface area contributed by atoms with Gasteiger partial charge in [-0.25, -0.2) is 4.79 Å². The Labute approximate surface area is 203 Å². The summed E-state index contributed by atoms with van der Waals surface area (Å²) in [7, 11) is 0. The van der Waals surface area contributed by atoms with E-state index >= 15 is 0 Å². The monoisotopic (exact) mass is 456 g/mol. The molecule has 0 bridgehead atoms. The van der Waals surface area contributed by atoms with Gasteiger partial charge in [-0.15, -0.1) is 6.58 Å². The van der Waals surface area contributed by atoms with Crippen molar-refractivity contribution in [2.45, 2.75) is 93.3 Å². The van der Waals surface area contributed by atoms with Gasteiger partial charge < -0.3 is 9.84 Å². The molecule has 0 aliphatic rings. The van der Waals surface area contributed by atoms with Crippen molar-refractivity contribution in [1.29, 1.82) is 0 Å². The lowest BCUT2D eigenvalue weighted by atomic mass is 9.88. The Bertz CT molecular complexity index is 749. The number of rotatable bonds is 15. The first-order valence-corrected chi connectivity index (χ1v) is 12.4. The summed E-state index contributed by atoms with van der Waals surface area (Å²) in [6.07, 6.45) is 13.9. The molecule has 0 amide bonds. The first-order chi connectivity index (χ1) is 15.5. The Kier molecular flexibility index (Phi) is 15.4. The fraction of sp³-hybridized carbons (Fsp3) is 0.567. The fourth-order valence-corrected chi connectivity index (χ4v) is 3.66. The van der Waals surface area contributed by atoms with Crippen molar-refractivity contribution in [2.75, 3.05) is 0 Å². The van der Waals surface area contributed by atoms with E-state index in [4.69, 9.17) is 4.74 Å². The van der Waals surface area contributed by atoms with E-state index in [9.17, 15) is 9.90 Å². The number of esters is 1. The second-order valence-corrected chi connectivity index (χ2v) is 9.39. The average Bonchev–Trinajstić information content (AvgIpc) is 2.77. The topological polar surface area (TPSA) is 46.5 Å². The van der Waals surface area contributed by atoms with Gasteiger partial charge in [0.15, 0.2) is 0 Å². The van der Waals surface area contributed by atoms with Gasteiger partial charge >= 0.3 is 5.97 Å². The molecule has 0 saturated carbocycles. The van der Waals surface area contributed by atoms with E-state index in [1.54, 1.807) is 12.2 Å². The van der Waals surface area contributed by atoms with E-state index in [1.807, 2.05) is 32.9 Å². The molecule has 33 heavy (non-hydrogen) atoms. The zero-order valence-electron chi connectivity index (χ0n) is 22.4. The van der Waals surface area contributed by atoms with Crippen molar-refractivity contribution < 1.29 is 14.6 Å². The van der Waals surface area contributed by atoms with E-state index in [-0.39, 0.29) is 23.9 Å². The van der Waals surface area contributed by atoms with E-state index in [1.165, 1.54) is 5.57 Å². The standard InChI is InChI=1S/C30H48O3/c1-11-15-23(8)24(9)20-27(14-4)29(31)25(10)19-22(7)17-18-28(21(5)6)33-30(32)26(13-3)16-12-2/h11-12,16-17,19-21,23,27-29,31H,1-2,13-15,18H2,3-10H3/b22-17+,24-20+,25-19+,26-16+/t23-,27-,28-,29-/m0/s1. The van der Waals surface area contributed by atoms with E-state index in [0.717, 1.165) is 24.0 Å². The van der Waals surface area contributed by atoms with Crippen molar-refractivity contribution in [2.24, 2.45) is 17.8 Å². The molecule has 0 aliphatic heterocycles. The van der Waals surface area contributed by atoms with Gasteiger partial charge in [-0.05, 0) is 57.4 Å². The molecule has 4 atom stereocenters. The van der Waals surface area contributed by atoms with Crippen LogP contribution in [-0.2, 0) is 9.53 Å². The normalized spacial score (nSPS) is 17.4. The van der Waals surface area contributed by atoms with Gasteiger partial charge in [0.05, 0.1) is 6.10 Å². The van der Waals surface area contributed by atoms with Gasteiger partial charge in [0.2, 0.25) is 0 Å². The molecule has 186 valence electrons. The molecule has 0 unspecified atom stereocenters. The zero-order chi connectivity index (χ0) is 25.6. The molecular weight excluding hydrogens is 408 g/mol. The van der Waals surface area contributed by atoms with Crippen LogP contribution in [0.5, 0.6) is 0 Å². The van der Waals surface area contributed by atoms with Crippen LogP contribution >= 0.6 is 0 Å². The second kappa shape index (κ2) is 16.5. The molecular formula is C30H48O3. The molecule has 0 heterocycles. The summed E-state index contributed by atoms with van der Waals surface area (Å²) in [4.78, 5) is 12.5. The summed E-state index contributed by atoms with van der Waals surface area (Å²) < 4.78 is 5.78. The highest BCUT2D eigenvalue weighted by molar-refractivity contribution is 5.88. The Hall–Kier alpha value is -2.13. The highest BCUT2D eigenvalue weighted by atomic mass is 16.5. The van der Waals surface area contributed by atoms with Crippen LogP contribution in [0, 0.1) is 17.8 Å². The summed E-state index contributed by atoms with van der Waals surface area (Å²) in [5.74, 6) is 0.434. The predicted molar refractivity (Wildman–Crippen MR) is 143 cm³/mol. The van der Waals surface area contributed by atoms with Gasteiger partial charge in [-0.1, -0.05) is 88.8 Å². The SMILES string of the molecule is C=C/C=C(\CC)C(=O)O[C@@H](C/C=C(C)/C=C(\C)[C@H](O)[C@H](/C=C(\C)[C@@H](C)CC=C)CC)C(C)C. The van der Waals surface area contributed by atoms with E-state index < -0.39 is 6.10 Å². The van der Waals surface area contributed by atoms with Crippen LogP contribution in [0.4, 0.5) is 0 Å². The van der Waals surface area contributed by atoms with Gasteiger partial charge in [-0.2, -0.15) is 0 Å². The summed E-state index contributed by atoms with van der Waals surface area (Å²) in [6, 6.07) is 0. The maximum atomic E-state index is 12.5. The lowest BCUT2D eigenvalue weighted by Crippen LogP contribution is -2.24. The molecule has 0 aromatic rings. The second-order valence-electron chi connectivity index (χ2n) is 9.39. The molecule has 0 saturated heterocycles. The maximum Gasteiger partial charge on any atom is 0.334 e. The molecule has 0 aromatic heterocycles. The number of aliphatic hydroxyl groups is 1. The molecule has 0 spiro atoms. The van der Waals surface area contributed by atoms with Crippen molar-refractivity contribution in [3.63, 3.8) is 0 Å². The molecule has 0 radical (unpaired) electrons. The van der Waals surface area contributed by atoms with Crippen molar-refractivity contribution in [1.82, 2.24) is 0 Å². The van der Waals surface area contributed by atoms with Gasteiger partial charge in [-0.3, -0.25) is 0 Å². The molecule has 0 aliphatic carbocycles. The first kappa shape index (κ1) is 30.9. The average molecular weight is 457 g/mol. The third-order valence-corrected chi connectivity index (χ3v) is 6.21. The Balaban J connectivity index is 5.39. The zero-order valence-corrected chi connectivity index (χ0v) is 22.4. The van der Waals surface area contributed by atoms with Crippen LogP contribution < -0.4 is 0 Å². The maximum absolute atomic E-state index is 12.5. The smallest absolute Gasteiger partial charge is 0.334 e. The number of allylic oxidation sites excluding steroid dienone is 6. The minimum atomic E-state index is -0.529. The third-order valence-electron chi connectivity index (χ3n) is 6.21. The van der Waals surface area contributed by atoms with Crippen molar-refractivity contribution in [3.05, 3.63) is 71.9 Å². The minimum absolute atomic E-state index is 0.0785. The van der Waals surface area contributed by atoms with Crippen LogP contribution in [0.15, 0.2) is 71.9 Å². The molecule has 3 heteroatoms. The molecule has 1 N–H and O–H groups in total. The molecule has 3 nitrogen and oxygen atoms in total. The highest BCUT2D eigenvalue weighted by Crippen LogP contribution is 2.24. The van der Waals surface area contributed by atoms with Gasteiger partial charge in [0.1, 0.15) is 6.10 Å². The molecule has 0 fully saturated rings. The lowest BCUT2D eigenvalue weighted by molar-refractivity contribution is -0.146. The third kappa shape index (κ3) is 11.5. The summed E-state index contributed by atoms with van der Waals surface area (Å²) in [5.41, 5.74) is 3.92. The number of aliphatic hydroxyl groups excluding tert-OH is 1. The predicted octanol–water partition coefficient (Wildman–Crippen LogP) is 7.90. The highest BCUT2D eigenvalue weighted by Gasteiger charge is 2.20. The number of hydrogen-bond donors (Lipinski definition) is 1. The van der Waals surface area contributed by atoms with Gasteiger partial charge in [0.25, 0.3) is 0 Å². The lowest BCUT2D eigenvalue weighted by Gasteiger charge is -2.22.